The summed E-state index contributed by atoms with van der Waals surface area (Å²) in [4.78, 5) is 23.2. The number of carboxylic acid groups (broad SMARTS) is 1. The van der Waals surface area contributed by atoms with Gasteiger partial charge >= 0.3 is 5.97 Å². The topological polar surface area (TPSA) is 76.1 Å². The van der Waals surface area contributed by atoms with Crippen LogP contribution >= 0.6 is 0 Å². The first-order chi connectivity index (χ1) is 7.09. The average molecular weight is 217 g/mol. The molecular weight excluding hydrogens is 202 g/mol. The van der Waals surface area contributed by atoms with Gasteiger partial charge in [-0.15, -0.1) is 0 Å². The molecule has 6 nitrogen and oxygen atoms in total. The molecule has 1 saturated heterocycles. The maximum atomic E-state index is 11.5. The molecule has 0 spiro atoms. The predicted octanol–water partition coefficient (Wildman–Crippen LogP) is -0.665. The number of ether oxygens (including phenoxy) is 2. The molecule has 0 aromatic heterocycles. The van der Waals surface area contributed by atoms with E-state index in [0.29, 0.717) is 19.7 Å². The van der Waals surface area contributed by atoms with Gasteiger partial charge in [-0.25, -0.2) is 4.79 Å². The Morgan fingerprint density at radius 3 is 2.87 bits per heavy atom. The van der Waals surface area contributed by atoms with Crippen molar-refractivity contribution in [3.63, 3.8) is 0 Å². The summed E-state index contributed by atoms with van der Waals surface area (Å²) in [6.07, 6.45) is 0.0298. The lowest BCUT2D eigenvalue weighted by Crippen LogP contribution is -2.46. The van der Waals surface area contributed by atoms with E-state index in [1.165, 1.54) is 0 Å². The third-order valence-corrected chi connectivity index (χ3v) is 2.04. The van der Waals surface area contributed by atoms with Crippen LogP contribution in [0.1, 0.15) is 6.92 Å². The Bertz CT molecular complexity index is 243. The fraction of sp³-hybridized carbons (Fsp3) is 0.778. The fourth-order valence-electron chi connectivity index (χ4n) is 1.36. The summed E-state index contributed by atoms with van der Waals surface area (Å²) in [5, 5.41) is 8.31. The van der Waals surface area contributed by atoms with Gasteiger partial charge in [0.2, 0.25) is 5.91 Å². The average Bonchev–Trinajstić information content (AvgIpc) is 2.17. The van der Waals surface area contributed by atoms with E-state index < -0.39 is 12.6 Å². The van der Waals surface area contributed by atoms with Crippen LogP contribution in [0.25, 0.3) is 0 Å². The fourth-order valence-corrected chi connectivity index (χ4v) is 1.36. The summed E-state index contributed by atoms with van der Waals surface area (Å²) in [6.45, 7) is 2.86. The second-order valence-corrected chi connectivity index (χ2v) is 3.41. The van der Waals surface area contributed by atoms with Crippen LogP contribution < -0.4 is 0 Å². The first kappa shape index (κ1) is 11.9. The van der Waals surface area contributed by atoms with Gasteiger partial charge in [0.25, 0.3) is 0 Å². The molecule has 0 aromatic carbocycles. The number of carbonyl (C=O) groups excluding carboxylic acids is 1. The summed E-state index contributed by atoms with van der Waals surface area (Å²) in [5.74, 6) is -1.26. The minimum atomic E-state index is -1.07. The number of hydrogen-bond acceptors (Lipinski definition) is 4. The first-order valence-electron chi connectivity index (χ1n) is 4.78. The van der Waals surface area contributed by atoms with E-state index >= 15 is 0 Å². The number of morpholine rings is 1. The maximum absolute atomic E-state index is 11.5. The number of aliphatic carboxylic acids is 1. The standard InChI is InChI=1S/C9H15NO5/c1-7-4-10(2-3-15-7)8(11)5-14-6-9(12)13/h7H,2-6H2,1H3,(H,12,13). The van der Waals surface area contributed by atoms with Crippen molar-refractivity contribution in [2.75, 3.05) is 32.9 Å². The largest absolute Gasteiger partial charge is 0.480 e. The van der Waals surface area contributed by atoms with Crippen LogP contribution in [0, 0.1) is 0 Å². The van der Waals surface area contributed by atoms with Crippen molar-refractivity contribution < 1.29 is 24.2 Å². The van der Waals surface area contributed by atoms with Gasteiger partial charge in [0.15, 0.2) is 0 Å². The first-order valence-corrected chi connectivity index (χ1v) is 4.78. The predicted molar refractivity (Wildman–Crippen MR) is 50.4 cm³/mol. The van der Waals surface area contributed by atoms with Gasteiger partial charge in [0.1, 0.15) is 13.2 Å². The van der Waals surface area contributed by atoms with Crippen LogP contribution in [0.5, 0.6) is 0 Å². The second kappa shape index (κ2) is 5.67. The molecule has 0 saturated carbocycles. The van der Waals surface area contributed by atoms with E-state index in [1.54, 1.807) is 4.90 Å². The lowest BCUT2D eigenvalue weighted by Gasteiger charge is -2.31. The number of carboxylic acids is 1. The quantitative estimate of drug-likeness (QED) is 0.676. The van der Waals surface area contributed by atoms with Crippen molar-refractivity contribution >= 4 is 11.9 Å². The van der Waals surface area contributed by atoms with Crippen LogP contribution in [0.3, 0.4) is 0 Å². The molecule has 1 fully saturated rings. The molecule has 1 atom stereocenters. The van der Waals surface area contributed by atoms with Crippen molar-refractivity contribution in [3.8, 4) is 0 Å². The summed E-state index contributed by atoms with van der Waals surface area (Å²) < 4.78 is 9.99. The Kier molecular flexibility index (Phi) is 4.51. The van der Waals surface area contributed by atoms with Gasteiger partial charge in [-0.3, -0.25) is 4.79 Å². The van der Waals surface area contributed by atoms with Gasteiger partial charge in [0.05, 0.1) is 12.7 Å². The van der Waals surface area contributed by atoms with Gasteiger partial charge < -0.3 is 19.5 Å². The highest BCUT2D eigenvalue weighted by Crippen LogP contribution is 2.04. The van der Waals surface area contributed by atoms with Gasteiger partial charge in [-0.05, 0) is 6.92 Å². The van der Waals surface area contributed by atoms with Crippen molar-refractivity contribution in [3.05, 3.63) is 0 Å². The van der Waals surface area contributed by atoms with E-state index in [9.17, 15) is 9.59 Å². The van der Waals surface area contributed by atoms with Gasteiger partial charge in [-0.1, -0.05) is 0 Å². The molecule has 0 aromatic rings. The Balaban J connectivity index is 2.24. The molecule has 1 aliphatic rings. The number of rotatable bonds is 4. The van der Waals surface area contributed by atoms with Crippen LogP contribution in [-0.2, 0) is 19.1 Å². The number of amides is 1. The van der Waals surface area contributed by atoms with Gasteiger partial charge in [0, 0.05) is 13.1 Å². The third kappa shape index (κ3) is 4.26. The maximum Gasteiger partial charge on any atom is 0.329 e. The molecule has 1 heterocycles. The van der Waals surface area contributed by atoms with E-state index in [1.807, 2.05) is 6.92 Å². The molecule has 0 radical (unpaired) electrons. The molecule has 1 aliphatic heterocycles. The van der Waals surface area contributed by atoms with E-state index in [-0.39, 0.29) is 18.6 Å². The zero-order valence-electron chi connectivity index (χ0n) is 8.64. The molecule has 0 aliphatic carbocycles. The summed E-state index contributed by atoms with van der Waals surface area (Å²) in [6, 6.07) is 0. The number of nitrogens with zero attached hydrogens (tertiary/aromatic N) is 1. The zero-order chi connectivity index (χ0) is 11.3. The smallest absolute Gasteiger partial charge is 0.329 e. The summed E-state index contributed by atoms with van der Waals surface area (Å²) in [7, 11) is 0. The number of hydrogen-bond donors (Lipinski definition) is 1. The monoisotopic (exact) mass is 217 g/mol. The molecule has 1 amide bonds. The van der Waals surface area contributed by atoms with Crippen LogP contribution in [0.4, 0.5) is 0 Å². The Morgan fingerprint density at radius 2 is 2.27 bits per heavy atom. The highest BCUT2D eigenvalue weighted by Gasteiger charge is 2.21. The highest BCUT2D eigenvalue weighted by molar-refractivity contribution is 5.78. The Morgan fingerprint density at radius 1 is 1.53 bits per heavy atom. The van der Waals surface area contributed by atoms with Gasteiger partial charge in [-0.2, -0.15) is 0 Å². The molecule has 0 bridgehead atoms. The lowest BCUT2D eigenvalue weighted by atomic mass is 10.3. The molecular formula is C9H15NO5. The SMILES string of the molecule is CC1CN(C(=O)COCC(=O)O)CCO1. The summed E-state index contributed by atoms with van der Waals surface area (Å²) >= 11 is 0. The Labute approximate surface area is 87.8 Å². The minimum absolute atomic E-state index is 0.0298. The normalized spacial score (nSPS) is 21.4. The minimum Gasteiger partial charge on any atom is -0.480 e. The molecule has 15 heavy (non-hydrogen) atoms. The Hall–Kier alpha value is -1.14. The van der Waals surface area contributed by atoms with Crippen LogP contribution in [0.2, 0.25) is 0 Å². The summed E-state index contributed by atoms with van der Waals surface area (Å²) in [5.41, 5.74) is 0. The highest BCUT2D eigenvalue weighted by atomic mass is 16.5. The van der Waals surface area contributed by atoms with E-state index in [4.69, 9.17) is 14.6 Å². The van der Waals surface area contributed by atoms with Crippen molar-refractivity contribution in [2.45, 2.75) is 13.0 Å². The molecule has 1 rings (SSSR count). The molecule has 6 heteroatoms. The van der Waals surface area contributed by atoms with Crippen LogP contribution in [0.15, 0.2) is 0 Å². The molecule has 1 unspecified atom stereocenters. The lowest BCUT2D eigenvalue weighted by molar-refractivity contribution is -0.148. The number of carbonyl (C=O) groups is 2. The van der Waals surface area contributed by atoms with E-state index in [0.717, 1.165) is 0 Å². The van der Waals surface area contributed by atoms with Crippen molar-refractivity contribution in [1.29, 1.82) is 0 Å². The molecule has 86 valence electrons. The molecule has 1 N–H and O–H groups in total. The van der Waals surface area contributed by atoms with Crippen LogP contribution in [-0.4, -0.2) is 60.9 Å². The second-order valence-electron chi connectivity index (χ2n) is 3.41. The van der Waals surface area contributed by atoms with E-state index in [2.05, 4.69) is 0 Å². The van der Waals surface area contributed by atoms with Crippen molar-refractivity contribution in [1.82, 2.24) is 4.90 Å². The van der Waals surface area contributed by atoms with Crippen molar-refractivity contribution in [2.24, 2.45) is 0 Å². The zero-order valence-corrected chi connectivity index (χ0v) is 8.64. The third-order valence-electron chi connectivity index (χ3n) is 2.04.